The van der Waals surface area contributed by atoms with Crippen LogP contribution in [0.3, 0.4) is 0 Å². The van der Waals surface area contributed by atoms with Gasteiger partial charge in [0.1, 0.15) is 11.4 Å². The number of fused-ring (bicyclic) bond motifs is 1. The van der Waals surface area contributed by atoms with Crippen molar-refractivity contribution in [3.8, 4) is 17.0 Å². The lowest BCUT2D eigenvalue weighted by Gasteiger charge is -2.08. The molecule has 0 saturated heterocycles. The number of alkyl halides is 3. The topological polar surface area (TPSA) is 75.2 Å². The molecule has 0 aliphatic rings. The smallest absolute Gasteiger partial charge is 0.477 e. The summed E-state index contributed by atoms with van der Waals surface area (Å²) in [7, 11) is 0. The molecular formula is C22H15F3N2O3. The van der Waals surface area contributed by atoms with Gasteiger partial charge in [-0.3, -0.25) is 0 Å². The number of aromatic amines is 1. The van der Waals surface area contributed by atoms with Crippen molar-refractivity contribution in [1.29, 1.82) is 0 Å². The van der Waals surface area contributed by atoms with Crippen LogP contribution >= 0.6 is 0 Å². The predicted octanol–water partition coefficient (Wildman–Crippen LogP) is 5.42. The normalized spacial score (nSPS) is 11.6. The van der Waals surface area contributed by atoms with Crippen LogP contribution in [-0.4, -0.2) is 27.4 Å². The lowest BCUT2D eigenvalue weighted by Crippen LogP contribution is -2.16. The number of pyridine rings is 1. The summed E-state index contributed by atoms with van der Waals surface area (Å²) in [5.74, 6) is -1.46. The quantitative estimate of drug-likeness (QED) is 0.459. The van der Waals surface area contributed by atoms with E-state index in [9.17, 15) is 23.1 Å². The van der Waals surface area contributed by atoms with Crippen molar-refractivity contribution in [3.05, 3.63) is 83.7 Å². The Morgan fingerprint density at radius 3 is 2.50 bits per heavy atom. The summed E-state index contributed by atoms with van der Waals surface area (Å²) in [5, 5.41) is 9.89. The fraction of sp³-hybridized carbons (Fsp3) is 0.0909. The lowest BCUT2D eigenvalue weighted by molar-refractivity contribution is -0.274. The van der Waals surface area contributed by atoms with Crippen LogP contribution < -0.4 is 4.74 Å². The Kier molecular flexibility index (Phi) is 4.91. The van der Waals surface area contributed by atoms with Gasteiger partial charge in [-0.2, -0.15) is 0 Å². The van der Waals surface area contributed by atoms with Crippen LogP contribution in [0.5, 0.6) is 5.75 Å². The van der Waals surface area contributed by atoms with Gasteiger partial charge >= 0.3 is 12.3 Å². The molecule has 0 amide bonds. The first kappa shape index (κ1) is 19.5. The van der Waals surface area contributed by atoms with Gasteiger partial charge in [0.05, 0.1) is 5.69 Å². The third-order valence-electron chi connectivity index (χ3n) is 4.56. The number of aromatic nitrogens is 2. The lowest BCUT2D eigenvalue weighted by atomic mass is 10.0. The SMILES string of the molecule is O=C(O)c1cccc(Cc2c(-c3ccccc3)[nH]c3cc(OC(F)(F)F)ccc23)n1. The highest BCUT2D eigenvalue weighted by atomic mass is 19.4. The van der Waals surface area contributed by atoms with Crippen LogP contribution in [0.2, 0.25) is 0 Å². The van der Waals surface area contributed by atoms with Crippen LogP contribution in [0.4, 0.5) is 13.2 Å². The van der Waals surface area contributed by atoms with Gasteiger partial charge in [-0.15, -0.1) is 13.2 Å². The maximum absolute atomic E-state index is 12.6. The second kappa shape index (κ2) is 7.55. The maximum atomic E-state index is 12.6. The monoisotopic (exact) mass is 412 g/mol. The molecule has 4 rings (SSSR count). The molecule has 0 aliphatic carbocycles. The van der Waals surface area contributed by atoms with E-state index in [-0.39, 0.29) is 11.4 Å². The third kappa shape index (κ3) is 4.12. The van der Waals surface area contributed by atoms with Crippen molar-refractivity contribution >= 4 is 16.9 Å². The molecule has 0 radical (unpaired) electrons. The van der Waals surface area contributed by atoms with Crippen LogP contribution in [0, 0.1) is 0 Å². The average Bonchev–Trinajstić information content (AvgIpc) is 3.05. The van der Waals surface area contributed by atoms with E-state index in [2.05, 4.69) is 14.7 Å². The van der Waals surface area contributed by atoms with Crippen molar-refractivity contribution in [3.63, 3.8) is 0 Å². The van der Waals surface area contributed by atoms with Crippen LogP contribution in [0.15, 0.2) is 66.7 Å². The molecule has 2 aromatic carbocycles. The second-order valence-corrected chi connectivity index (χ2v) is 6.60. The van der Waals surface area contributed by atoms with Crippen molar-refractivity contribution in [1.82, 2.24) is 9.97 Å². The van der Waals surface area contributed by atoms with Crippen molar-refractivity contribution in [2.75, 3.05) is 0 Å². The number of H-pyrrole nitrogens is 1. The summed E-state index contributed by atoms with van der Waals surface area (Å²) < 4.78 is 41.8. The summed E-state index contributed by atoms with van der Waals surface area (Å²) in [6.45, 7) is 0. The Morgan fingerprint density at radius 1 is 1.03 bits per heavy atom. The molecule has 4 aromatic rings. The van der Waals surface area contributed by atoms with Gasteiger partial charge in [0.25, 0.3) is 0 Å². The van der Waals surface area contributed by atoms with E-state index in [0.29, 0.717) is 23.0 Å². The van der Waals surface area contributed by atoms with Crippen LogP contribution in [0.25, 0.3) is 22.2 Å². The maximum Gasteiger partial charge on any atom is 0.573 e. The van der Waals surface area contributed by atoms with E-state index in [1.807, 2.05) is 30.3 Å². The largest absolute Gasteiger partial charge is 0.573 e. The zero-order valence-electron chi connectivity index (χ0n) is 15.4. The molecule has 0 fully saturated rings. The summed E-state index contributed by atoms with van der Waals surface area (Å²) in [6, 6.07) is 18.1. The summed E-state index contributed by atoms with van der Waals surface area (Å²) in [4.78, 5) is 18.6. The number of hydrogen-bond donors (Lipinski definition) is 2. The predicted molar refractivity (Wildman–Crippen MR) is 104 cm³/mol. The first-order chi connectivity index (χ1) is 14.3. The van der Waals surface area contributed by atoms with Crippen molar-refractivity contribution < 1.29 is 27.8 Å². The van der Waals surface area contributed by atoms with Gasteiger partial charge in [-0.1, -0.05) is 36.4 Å². The molecule has 152 valence electrons. The number of rotatable bonds is 5. The molecule has 0 spiro atoms. The number of halogens is 3. The molecule has 5 nitrogen and oxygen atoms in total. The van der Waals surface area contributed by atoms with Gasteiger partial charge in [0, 0.05) is 29.1 Å². The molecule has 0 unspecified atom stereocenters. The standard InChI is InChI=1S/C22H15F3N2O3/c23-22(24,25)30-15-9-10-16-17(11-14-7-4-8-18(26-14)21(28)29)20(27-19(16)12-15)13-5-2-1-3-6-13/h1-10,12,27H,11H2,(H,28,29). The third-order valence-corrected chi connectivity index (χ3v) is 4.56. The summed E-state index contributed by atoms with van der Waals surface area (Å²) in [5.41, 5.74) is 3.29. The molecule has 2 aromatic heterocycles. The van der Waals surface area contributed by atoms with Gasteiger partial charge < -0.3 is 14.8 Å². The van der Waals surface area contributed by atoms with Crippen molar-refractivity contribution in [2.45, 2.75) is 12.8 Å². The number of nitrogens with one attached hydrogen (secondary N) is 1. The van der Waals surface area contributed by atoms with E-state index in [1.165, 1.54) is 18.2 Å². The molecule has 2 heterocycles. The van der Waals surface area contributed by atoms with E-state index < -0.39 is 12.3 Å². The first-order valence-electron chi connectivity index (χ1n) is 8.95. The first-order valence-corrected chi connectivity index (χ1v) is 8.95. The highest BCUT2D eigenvalue weighted by Crippen LogP contribution is 2.34. The Bertz CT molecular complexity index is 1220. The minimum atomic E-state index is -4.79. The zero-order valence-corrected chi connectivity index (χ0v) is 15.4. The van der Waals surface area contributed by atoms with E-state index >= 15 is 0 Å². The minimum absolute atomic E-state index is 0.0746. The zero-order chi connectivity index (χ0) is 21.3. The highest BCUT2D eigenvalue weighted by molar-refractivity contribution is 5.92. The number of carboxylic acid groups (broad SMARTS) is 1. The minimum Gasteiger partial charge on any atom is -0.477 e. The van der Waals surface area contributed by atoms with Gasteiger partial charge in [0.15, 0.2) is 0 Å². The fourth-order valence-electron chi connectivity index (χ4n) is 3.34. The van der Waals surface area contributed by atoms with Gasteiger partial charge in [-0.05, 0) is 35.4 Å². The number of carbonyl (C=O) groups is 1. The van der Waals surface area contributed by atoms with Gasteiger partial charge in [0.2, 0.25) is 0 Å². The highest BCUT2D eigenvalue weighted by Gasteiger charge is 2.31. The van der Waals surface area contributed by atoms with Crippen LogP contribution in [0.1, 0.15) is 21.7 Å². The molecule has 0 aliphatic heterocycles. The van der Waals surface area contributed by atoms with Gasteiger partial charge in [-0.25, -0.2) is 9.78 Å². The fourth-order valence-corrected chi connectivity index (χ4v) is 3.34. The number of aromatic carboxylic acids is 1. The summed E-state index contributed by atoms with van der Waals surface area (Å²) >= 11 is 0. The molecule has 30 heavy (non-hydrogen) atoms. The Balaban J connectivity index is 1.83. The van der Waals surface area contributed by atoms with E-state index in [0.717, 1.165) is 16.8 Å². The number of carboxylic acids is 1. The number of nitrogens with zero attached hydrogens (tertiary/aromatic N) is 1. The van der Waals surface area contributed by atoms with Crippen LogP contribution in [-0.2, 0) is 6.42 Å². The van der Waals surface area contributed by atoms with E-state index in [1.54, 1.807) is 18.2 Å². The molecule has 0 saturated carbocycles. The average molecular weight is 412 g/mol. The Hall–Kier alpha value is -3.81. The Morgan fingerprint density at radius 2 is 1.80 bits per heavy atom. The van der Waals surface area contributed by atoms with E-state index in [4.69, 9.17) is 0 Å². The number of benzene rings is 2. The molecule has 2 N–H and O–H groups in total. The number of hydrogen-bond acceptors (Lipinski definition) is 3. The van der Waals surface area contributed by atoms with Crippen molar-refractivity contribution in [2.24, 2.45) is 0 Å². The molecule has 8 heteroatoms. The number of ether oxygens (including phenoxy) is 1. The molecular weight excluding hydrogens is 397 g/mol. The second-order valence-electron chi connectivity index (χ2n) is 6.60. The Labute approximate surface area is 168 Å². The molecule has 0 atom stereocenters. The molecule has 0 bridgehead atoms. The summed E-state index contributed by atoms with van der Waals surface area (Å²) in [6.07, 6.45) is -4.49.